The number of alkyl halides is 3. The topological polar surface area (TPSA) is 66.9 Å². The van der Waals surface area contributed by atoms with Gasteiger partial charge in [0, 0.05) is 76.0 Å². The Bertz CT molecular complexity index is 1200. The second kappa shape index (κ2) is 10.4. The number of fused-ring (bicyclic) bond motifs is 2. The Labute approximate surface area is 226 Å². The zero-order valence-electron chi connectivity index (χ0n) is 22.1. The van der Waals surface area contributed by atoms with E-state index in [4.69, 9.17) is 9.47 Å². The van der Waals surface area contributed by atoms with E-state index in [0.29, 0.717) is 50.4 Å². The largest absolute Gasteiger partial charge is 0.417 e. The molecule has 0 radical (unpaired) electrons. The van der Waals surface area contributed by atoms with Gasteiger partial charge < -0.3 is 24.6 Å². The number of hydrogen-bond acceptors (Lipinski definition) is 6. The van der Waals surface area contributed by atoms with Crippen molar-refractivity contribution in [3.05, 3.63) is 59.4 Å². The van der Waals surface area contributed by atoms with Crippen LogP contribution in [0.2, 0.25) is 0 Å². The van der Waals surface area contributed by atoms with Gasteiger partial charge >= 0.3 is 6.18 Å². The predicted molar refractivity (Wildman–Crippen MR) is 139 cm³/mol. The molecular weight excluding hydrogens is 509 g/mol. The number of rotatable bonds is 5. The van der Waals surface area contributed by atoms with Gasteiger partial charge in [0.25, 0.3) is 0 Å². The number of benzene rings is 1. The maximum Gasteiger partial charge on any atom is 0.417 e. The lowest BCUT2D eigenvalue weighted by atomic mass is 9.78. The molecule has 5 atom stereocenters. The van der Waals surface area contributed by atoms with Crippen LogP contribution in [0.4, 0.5) is 18.9 Å². The number of halogens is 3. The van der Waals surface area contributed by atoms with Crippen LogP contribution in [0.15, 0.2) is 42.6 Å². The number of pyridine rings is 1. The van der Waals surface area contributed by atoms with Crippen molar-refractivity contribution in [1.29, 1.82) is 0 Å². The van der Waals surface area contributed by atoms with Crippen molar-refractivity contribution in [2.24, 2.45) is 11.3 Å². The minimum Gasteiger partial charge on any atom is -0.379 e. The van der Waals surface area contributed by atoms with Gasteiger partial charge in [0.1, 0.15) is 0 Å². The number of hydrogen-bond donors (Lipinski definition) is 1. The molecule has 5 unspecified atom stereocenters. The molecule has 3 aliphatic heterocycles. The average Bonchev–Trinajstić information content (AvgIpc) is 3.47. The predicted octanol–water partition coefficient (Wildman–Crippen LogP) is 3.66. The zero-order valence-corrected chi connectivity index (χ0v) is 22.1. The summed E-state index contributed by atoms with van der Waals surface area (Å²) in [6, 6.07) is 11.6. The van der Waals surface area contributed by atoms with Gasteiger partial charge in [-0.1, -0.05) is 18.2 Å². The van der Waals surface area contributed by atoms with E-state index in [-0.39, 0.29) is 36.6 Å². The SMILES string of the molecule is COC1COCCC1NC1CC2CN(c3ccccc3)CC2(C(=O)N2CCc3ncc(C(F)(F)F)cc3C2)C1. The van der Waals surface area contributed by atoms with Crippen LogP contribution in [0.5, 0.6) is 0 Å². The molecule has 7 nitrogen and oxygen atoms in total. The van der Waals surface area contributed by atoms with E-state index in [9.17, 15) is 18.0 Å². The smallest absolute Gasteiger partial charge is 0.379 e. The van der Waals surface area contributed by atoms with Crippen LogP contribution in [0, 0.1) is 11.3 Å². The maximum atomic E-state index is 14.4. The van der Waals surface area contributed by atoms with Crippen molar-refractivity contribution in [1.82, 2.24) is 15.2 Å². The highest BCUT2D eigenvalue weighted by Gasteiger charge is 2.59. The fraction of sp³-hybridized carbons (Fsp3) is 0.586. The molecule has 1 amide bonds. The summed E-state index contributed by atoms with van der Waals surface area (Å²) in [4.78, 5) is 22.6. The van der Waals surface area contributed by atoms with Crippen molar-refractivity contribution in [2.45, 2.75) is 56.6 Å². The molecule has 3 fully saturated rings. The van der Waals surface area contributed by atoms with E-state index < -0.39 is 17.2 Å². The fourth-order valence-corrected chi connectivity index (χ4v) is 7.17. The molecule has 1 N–H and O–H groups in total. The number of aromatic nitrogens is 1. The standard InChI is InChI=1S/C29H35F3N4O3/c1-38-26-17-39-10-8-25(26)34-22-12-21-16-36(23-5-3-2-4-6-23)18-28(21,13-22)27(37)35-9-7-24-19(15-35)11-20(14-33-24)29(30,31)32/h2-6,11,14,21-22,25-26,34H,7-10,12-13,15-18H2,1H3. The minimum absolute atomic E-state index is 0.0272. The maximum absolute atomic E-state index is 14.4. The molecule has 39 heavy (non-hydrogen) atoms. The van der Waals surface area contributed by atoms with Gasteiger partial charge in [-0.05, 0) is 48.9 Å². The first kappa shape index (κ1) is 26.5. The van der Waals surface area contributed by atoms with Crippen molar-refractivity contribution < 1.29 is 27.4 Å². The second-order valence-corrected chi connectivity index (χ2v) is 11.4. The Morgan fingerprint density at radius 3 is 2.85 bits per heavy atom. The molecule has 10 heteroatoms. The number of anilines is 1. The van der Waals surface area contributed by atoms with Crippen molar-refractivity contribution in [2.75, 3.05) is 44.9 Å². The van der Waals surface area contributed by atoms with Crippen LogP contribution in [0.1, 0.15) is 36.1 Å². The number of methoxy groups -OCH3 is 1. The summed E-state index contributed by atoms with van der Waals surface area (Å²) in [6.45, 7) is 3.24. The third-order valence-corrected chi connectivity index (χ3v) is 9.13. The molecule has 4 heterocycles. The number of carbonyl (C=O) groups is 1. The van der Waals surface area contributed by atoms with E-state index in [0.717, 1.165) is 37.3 Å². The molecule has 4 aliphatic rings. The first-order chi connectivity index (χ1) is 18.8. The quantitative estimate of drug-likeness (QED) is 0.620. The van der Waals surface area contributed by atoms with Crippen LogP contribution in [0.3, 0.4) is 0 Å². The number of nitrogens with one attached hydrogen (secondary N) is 1. The lowest BCUT2D eigenvalue weighted by Gasteiger charge is -2.38. The van der Waals surface area contributed by atoms with Gasteiger partial charge in [-0.15, -0.1) is 0 Å². The average molecular weight is 545 g/mol. The van der Waals surface area contributed by atoms with Gasteiger partial charge in [-0.25, -0.2) is 0 Å². The Balaban J connectivity index is 1.25. The van der Waals surface area contributed by atoms with E-state index in [1.54, 1.807) is 12.0 Å². The normalized spacial score (nSPS) is 30.8. The van der Waals surface area contributed by atoms with E-state index in [2.05, 4.69) is 27.3 Å². The summed E-state index contributed by atoms with van der Waals surface area (Å²) < 4.78 is 51.4. The van der Waals surface area contributed by atoms with Crippen LogP contribution in [-0.4, -0.2) is 73.9 Å². The van der Waals surface area contributed by atoms with Gasteiger partial charge in [-0.3, -0.25) is 9.78 Å². The Kier molecular flexibility index (Phi) is 7.05. The Morgan fingerprint density at radius 2 is 2.08 bits per heavy atom. The summed E-state index contributed by atoms with van der Waals surface area (Å²) in [7, 11) is 1.70. The fourth-order valence-electron chi connectivity index (χ4n) is 7.17. The van der Waals surface area contributed by atoms with Gasteiger partial charge in [0.2, 0.25) is 5.91 Å². The number of ether oxygens (including phenoxy) is 2. The molecule has 1 aliphatic carbocycles. The highest BCUT2D eigenvalue weighted by Crippen LogP contribution is 2.51. The van der Waals surface area contributed by atoms with Gasteiger partial charge in [0.15, 0.2) is 0 Å². The lowest BCUT2D eigenvalue weighted by Crippen LogP contribution is -2.52. The number of carbonyl (C=O) groups excluding carboxylic acids is 1. The lowest BCUT2D eigenvalue weighted by molar-refractivity contribution is -0.143. The van der Waals surface area contributed by atoms with Crippen LogP contribution >= 0.6 is 0 Å². The van der Waals surface area contributed by atoms with Crippen LogP contribution in [-0.2, 0) is 33.4 Å². The summed E-state index contributed by atoms with van der Waals surface area (Å²) in [5, 5.41) is 3.80. The van der Waals surface area contributed by atoms with E-state index >= 15 is 0 Å². The van der Waals surface area contributed by atoms with Crippen molar-refractivity contribution in [3.63, 3.8) is 0 Å². The van der Waals surface area contributed by atoms with Crippen molar-refractivity contribution in [3.8, 4) is 0 Å². The molecule has 2 aromatic rings. The molecule has 2 saturated heterocycles. The zero-order chi connectivity index (χ0) is 27.2. The number of amides is 1. The number of nitrogens with zero attached hydrogens (tertiary/aromatic N) is 3. The summed E-state index contributed by atoms with van der Waals surface area (Å²) in [6.07, 6.45) is -0.716. The van der Waals surface area contributed by atoms with Crippen LogP contribution in [0.25, 0.3) is 0 Å². The monoisotopic (exact) mass is 544 g/mol. The van der Waals surface area contributed by atoms with Gasteiger partial charge in [0.05, 0.1) is 23.7 Å². The molecule has 0 spiro atoms. The second-order valence-electron chi connectivity index (χ2n) is 11.4. The summed E-state index contributed by atoms with van der Waals surface area (Å²) in [5.41, 5.74) is 0.864. The first-order valence-electron chi connectivity index (χ1n) is 13.8. The molecule has 210 valence electrons. The highest BCUT2D eigenvalue weighted by molar-refractivity contribution is 5.85. The van der Waals surface area contributed by atoms with E-state index in [1.807, 2.05) is 18.2 Å². The Morgan fingerprint density at radius 1 is 1.26 bits per heavy atom. The molecule has 1 saturated carbocycles. The molecule has 1 aromatic heterocycles. The molecule has 0 bridgehead atoms. The van der Waals surface area contributed by atoms with Gasteiger partial charge in [-0.2, -0.15) is 13.2 Å². The minimum atomic E-state index is -4.46. The summed E-state index contributed by atoms with van der Waals surface area (Å²) >= 11 is 0. The molecular formula is C29H35F3N4O3. The Hall–Kier alpha value is -2.69. The van der Waals surface area contributed by atoms with Crippen LogP contribution < -0.4 is 10.2 Å². The first-order valence-corrected chi connectivity index (χ1v) is 13.8. The summed E-state index contributed by atoms with van der Waals surface area (Å²) in [5.74, 6) is 0.193. The number of para-hydroxylation sites is 1. The third kappa shape index (κ3) is 5.02. The van der Waals surface area contributed by atoms with E-state index in [1.165, 1.54) is 0 Å². The highest BCUT2D eigenvalue weighted by atomic mass is 19.4. The molecule has 1 aromatic carbocycles. The van der Waals surface area contributed by atoms with Crippen molar-refractivity contribution >= 4 is 11.6 Å². The molecule has 6 rings (SSSR count). The third-order valence-electron chi connectivity index (χ3n) is 9.13.